The lowest BCUT2D eigenvalue weighted by Crippen LogP contribution is -2.46. The number of anilines is 1. The standard InChI is InChI=1S/C20H27N7O4/c1-2-27-18-14(10-23-27)17(24-13-5-7-31-8-6-13)15(9-21-18)20(30)26-25-16(28)11-22-19(29)12-3-4-12/h9-10,12-13H,2-8,11H2,1H3,(H,21,24)(H,22,29)(H,25,28)(H,26,30). The molecule has 4 N–H and O–H groups in total. The molecule has 2 aliphatic rings. The lowest BCUT2D eigenvalue weighted by atomic mass is 10.1. The van der Waals surface area contributed by atoms with Gasteiger partial charge in [0, 0.05) is 37.9 Å². The Morgan fingerprint density at radius 1 is 1.13 bits per heavy atom. The second kappa shape index (κ2) is 9.29. The molecule has 31 heavy (non-hydrogen) atoms. The minimum Gasteiger partial charge on any atom is -0.381 e. The summed E-state index contributed by atoms with van der Waals surface area (Å²) < 4.78 is 7.18. The van der Waals surface area contributed by atoms with Crippen LogP contribution >= 0.6 is 0 Å². The highest BCUT2D eigenvalue weighted by Crippen LogP contribution is 2.29. The molecular formula is C20H27N7O4. The first-order valence-corrected chi connectivity index (χ1v) is 10.6. The summed E-state index contributed by atoms with van der Waals surface area (Å²) in [6.07, 6.45) is 6.53. The minimum atomic E-state index is -0.505. The van der Waals surface area contributed by atoms with Crippen LogP contribution in [0.5, 0.6) is 0 Å². The van der Waals surface area contributed by atoms with Gasteiger partial charge in [0.25, 0.3) is 11.8 Å². The molecule has 3 heterocycles. The number of pyridine rings is 1. The van der Waals surface area contributed by atoms with E-state index in [4.69, 9.17) is 4.74 Å². The van der Waals surface area contributed by atoms with E-state index in [-0.39, 0.29) is 24.4 Å². The molecule has 0 spiro atoms. The molecule has 1 aliphatic carbocycles. The van der Waals surface area contributed by atoms with Crippen molar-refractivity contribution in [1.82, 2.24) is 30.9 Å². The molecule has 1 saturated carbocycles. The van der Waals surface area contributed by atoms with Gasteiger partial charge in [-0.25, -0.2) is 9.67 Å². The van der Waals surface area contributed by atoms with Crippen molar-refractivity contribution in [2.45, 2.75) is 45.2 Å². The number of hydrogen-bond acceptors (Lipinski definition) is 7. The average Bonchev–Trinajstić information content (AvgIpc) is 3.56. The lowest BCUT2D eigenvalue weighted by molar-refractivity contribution is -0.127. The second-order valence-corrected chi connectivity index (χ2v) is 7.77. The van der Waals surface area contributed by atoms with Crippen LogP contribution in [0.15, 0.2) is 12.4 Å². The van der Waals surface area contributed by atoms with Gasteiger partial charge in [-0.1, -0.05) is 0 Å². The Hall–Kier alpha value is -3.21. The van der Waals surface area contributed by atoms with Gasteiger partial charge >= 0.3 is 0 Å². The molecule has 0 unspecified atom stereocenters. The first-order chi connectivity index (χ1) is 15.1. The zero-order valence-electron chi connectivity index (χ0n) is 17.4. The number of ether oxygens (including phenoxy) is 1. The van der Waals surface area contributed by atoms with Crippen LogP contribution in [-0.2, 0) is 20.9 Å². The van der Waals surface area contributed by atoms with Gasteiger partial charge in [-0.15, -0.1) is 0 Å². The number of nitrogens with zero attached hydrogens (tertiary/aromatic N) is 3. The number of carbonyl (C=O) groups excluding carboxylic acids is 3. The molecule has 0 aromatic carbocycles. The molecule has 11 heteroatoms. The van der Waals surface area contributed by atoms with Crippen molar-refractivity contribution < 1.29 is 19.1 Å². The van der Waals surface area contributed by atoms with Gasteiger partial charge in [0.15, 0.2) is 5.65 Å². The summed E-state index contributed by atoms with van der Waals surface area (Å²) in [5.74, 6) is -1.13. The minimum absolute atomic E-state index is 0.0167. The van der Waals surface area contributed by atoms with Gasteiger partial charge in [0.1, 0.15) is 0 Å². The zero-order valence-corrected chi connectivity index (χ0v) is 17.4. The molecule has 2 aromatic heterocycles. The van der Waals surface area contributed by atoms with E-state index in [1.165, 1.54) is 6.20 Å². The molecule has 11 nitrogen and oxygen atoms in total. The molecular weight excluding hydrogens is 402 g/mol. The number of hydrogen-bond donors (Lipinski definition) is 4. The van der Waals surface area contributed by atoms with Gasteiger partial charge in [-0.2, -0.15) is 5.10 Å². The molecule has 1 aliphatic heterocycles. The van der Waals surface area contributed by atoms with Crippen LogP contribution in [-0.4, -0.2) is 58.3 Å². The maximum Gasteiger partial charge on any atom is 0.273 e. The Morgan fingerprint density at radius 2 is 1.90 bits per heavy atom. The van der Waals surface area contributed by atoms with Gasteiger partial charge in [-0.3, -0.25) is 25.2 Å². The molecule has 0 atom stereocenters. The summed E-state index contributed by atoms with van der Waals surface area (Å²) in [7, 11) is 0. The van der Waals surface area contributed by atoms with Crippen LogP contribution in [0.2, 0.25) is 0 Å². The van der Waals surface area contributed by atoms with E-state index in [1.54, 1.807) is 10.9 Å². The Morgan fingerprint density at radius 3 is 2.61 bits per heavy atom. The van der Waals surface area contributed by atoms with E-state index >= 15 is 0 Å². The fourth-order valence-electron chi connectivity index (χ4n) is 3.53. The number of amides is 3. The maximum absolute atomic E-state index is 12.8. The Kier molecular flexibility index (Phi) is 6.31. The number of rotatable bonds is 7. The maximum atomic E-state index is 12.8. The monoisotopic (exact) mass is 429 g/mol. The summed E-state index contributed by atoms with van der Waals surface area (Å²) in [6.45, 7) is 3.75. The SMILES string of the molecule is CCn1ncc2c(NC3CCOCC3)c(C(=O)NNC(=O)CNC(=O)C3CC3)cnc21. The molecule has 1 saturated heterocycles. The third-order valence-corrected chi connectivity index (χ3v) is 5.47. The largest absolute Gasteiger partial charge is 0.381 e. The van der Waals surface area contributed by atoms with E-state index in [9.17, 15) is 14.4 Å². The molecule has 2 fully saturated rings. The summed E-state index contributed by atoms with van der Waals surface area (Å²) in [6, 6.07) is 0.156. The summed E-state index contributed by atoms with van der Waals surface area (Å²) >= 11 is 0. The predicted octanol–water partition coefficient (Wildman–Crippen LogP) is 0.329. The molecule has 0 radical (unpaired) electrons. The van der Waals surface area contributed by atoms with E-state index in [2.05, 4.69) is 31.6 Å². The fraction of sp³-hybridized carbons (Fsp3) is 0.550. The highest BCUT2D eigenvalue weighted by atomic mass is 16.5. The topological polar surface area (TPSA) is 139 Å². The van der Waals surface area contributed by atoms with Crippen molar-refractivity contribution in [3.63, 3.8) is 0 Å². The highest BCUT2D eigenvalue weighted by molar-refractivity contribution is 6.07. The van der Waals surface area contributed by atoms with Crippen LogP contribution in [0.4, 0.5) is 5.69 Å². The van der Waals surface area contributed by atoms with Gasteiger partial charge in [0.2, 0.25) is 5.91 Å². The van der Waals surface area contributed by atoms with E-state index < -0.39 is 11.8 Å². The first-order valence-electron chi connectivity index (χ1n) is 10.6. The van der Waals surface area contributed by atoms with Crippen LogP contribution in [0.25, 0.3) is 11.0 Å². The van der Waals surface area contributed by atoms with E-state index in [0.717, 1.165) is 31.1 Å². The number of fused-ring (bicyclic) bond motifs is 1. The number of aryl methyl sites for hydroxylation is 1. The molecule has 166 valence electrons. The van der Waals surface area contributed by atoms with Crippen LogP contribution in [0.3, 0.4) is 0 Å². The van der Waals surface area contributed by atoms with Crippen LogP contribution in [0.1, 0.15) is 43.0 Å². The Bertz CT molecular complexity index is 979. The first kappa shape index (κ1) is 21.0. The Labute approximate surface area is 179 Å². The summed E-state index contributed by atoms with van der Waals surface area (Å²) in [5.41, 5.74) is 6.36. The van der Waals surface area contributed by atoms with Crippen molar-refractivity contribution in [1.29, 1.82) is 0 Å². The van der Waals surface area contributed by atoms with Gasteiger partial charge < -0.3 is 15.4 Å². The molecule has 0 bridgehead atoms. The Balaban J connectivity index is 1.46. The van der Waals surface area contributed by atoms with Crippen LogP contribution in [0, 0.1) is 5.92 Å². The van der Waals surface area contributed by atoms with E-state index in [0.29, 0.717) is 36.7 Å². The van der Waals surface area contributed by atoms with Crippen molar-refractivity contribution in [3.8, 4) is 0 Å². The predicted molar refractivity (Wildman–Crippen MR) is 112 cm³/mol. The average molecular weight is 429 g/mol. The summed E-state index contributed by atoms with van der Waals surface area (Å²) in [5, 5.41) is 11.1. The second-order valence-electron chi connectivity index (χ2n) is 7.77. The molecule has 2 aromatic rings. The highest BCUT2D eigenvalue weighted by Gasteiger charge is 2.29. The lowest BCUT2D eigenvalue weighted by Gasteiger charge is -2.25. The van der Waals surface area contributed by atoms with E-state index in [1.807, 2.05) is 6.92 Å². The quantitative estimate of drug-likeness (QED) is 0.465. The third-order valence-electron chi connectivity index (χ3n) is 5.47. The number of carbonyl (C=O) groups is 3. The molecule has 4 rings (SSSR count). The summed E-state index contributed by atoms with van der Waals surface area (Å²) in [4.78, 5) is 40.9. The van der Waals surface area contributed by atoms with Crippen molar-refractivity contribution in [3.05, 3.63) is 18.0 Å². The smallest absolute Gasteiger partial charge is 0.273 e. The van der Waals surface area contributed by atoms with Crippen molar-refractivity contribution in [2.75, 3.05) is 25.1 Å². The normalized spacial score (nSPS) is 16.7. The number of hydrazine groups is 1. The third kappa shape index (κ3) is 4.93. The van der Waals surface area contributed by atoms with Crippen molar-refractivity contribution in [2.24, 2.45) is 5.92 Å². The van der Waals surface area contributed by atoms with Crippen LogP contribution < -0.4 is 21.5 Å². The van der Waals surface area contributed by atoms with Gasteiger partial charge in [0.05, 0.1) is 29.4 Å². The van der Waals surface area contributed by atoms with Gasteiger partial charge in [-0.05, 0) is 32.6 Å². The fourth-order valence-corrected chi connectivity index (χ4v) is 3.53. The number of aromatic nitrogens is 3. The molecule has 3 amide bonds. The number of nitrogens with one attached hydrogen (secondary N) is 4. The zero-order chi connectivity index (χ0) is 21.8. The van der Waals surface area contributed by atoms with Crippen molar-refractivity contribution >= 4 is 34.4 Å².